The van der Waals surface area contributed by atoms with Gasteiger partial charge >= 0.3 is 0 Å². The molecule has 0 saturated carbocycles. The van der Waals surface area contributed by atoms with Crippen molar-refractivity contribution in [2.45, 2.75) is 19.4 Å². The highest BCUT2D eigenvalue weighted by molar-refractivity contribution is 6.46. The van der Waals surface area contributed by atoms with Crippen molar-refractivity contribution in [2.24, 2.45) is 0 Å². The number of aliphatic hydroxyl groups is 1. The van der Waals surface area contributed by atoms with Gasteiger partial charge in [-0.15, -0.1) is 0 Å². The molecule has 2 heterocycles. The number of hydrogen-bond acceptors (Lipinski definition) is 6. The van der Waals surface area contributed by atoms with E-state index in [9.17, 15) is 14.7 Å². The van der Waals surface area contributed by atoms with E-state index in [-0.39, 0.29) is 11.3 Å². The average molecular weight is 485 g/mol. The molecule has 7 nitrogen and oxygen atoms in total. The minimum atomic E-state index is -0.693. The SMILES string of the molecule is COc1ccc(/C(O)=C2\C(=O)C(=O)N(CCCN3CCOCC3)[C@@H]2c2ccc(C)cc2)cc1Cl. The van der Waals surface area contributed by atoms with Gasteiger partial charge in [-0.05, 0) is 37.1 Å². The number of aryl methyl sites for hydroxylation is 1. The topological polar surface area (TPSA) is 79.3 Å². The zero-order valence-electron chi connectivity index (χ0n) is 19.4. The fourth-order valence-electron chi connectivity index (χ4n) is 4.46. The maximum absolute atomic E-state index is 13.2. The van der Waals surface area contributed by atoms with Crippen molar-refractivity contribution in [1.29, 1.82) is 0 Å². The molecule has 34 heavy (non-hydrogen) atoms. The third-order valence-electron chi connectivity index (χ3n) is 6.34. The van der Waals surface area contributed by atoms with Crippen LogP contribution in [0.5, 0.6) is 5.75 Å². The van der Waals surface area contributed by atoms with E-state index in [0.717, 1.165) is 30.8 Å². The Morgan fingerprint density at radius 2 is 1.82 bits per heavy atom. The van der Waals surface area contributed by atoms with Crippen molar-refractivity contribution < 1.29 is 24.2 Å². The molecule has 0 radical (unpaired) electrons. The highest BCUT2D eigenvalue weighted by Gasteiger charge is 2.45. The normalized spacial score (nSPS) is 20.7. The predicted octanol–water partition coefficient (Wildman–Crippen LogP) is 3.80. The summed E-state index contributed by atoms with van der Waals surface area (Å²) < 4.78 is 10.6. The molecule has 0 aliphatic carbocycles. The van der Waals surface area contributed by atoms with Gasteiger partial charge in [0.2, 0.25) is 0 Å². The highest BCUT2D eigenvalue weighted by Crippen LogP contribution is 2.40. The van der Waals surface area contributed by atoms with Gasteiger partial charge in [-0.25, -0.2) is 0 Å². The molecule has 1 amide bonds. The maximum Gasteiger partial charge on any atom is 0.295 e. The first-order valence-corrected chi connectivity index (χ1v) is 11.8. The van der Waals surface area contributed by atoms with Gasteiger partial charge in [-0.2, -0.15) is 0 Å². The van der Waals surface area contributed by atoms with Crippen molar-refractivity contribution in [3.05, 3.63) is 69.8 Å². The van der Waals surface area contributed by atoms with Gasteiger partial charge in [0.25, 0.3) is 11.7 Å². The Morgan fingerprint density at radius 3 is 2.47 bits per heavy atom. The number of methoxy groups -OCH3 is 1. The number of morpholine rings is 1. The first-order valence-electron chi connectivity index (χ1n) is 11.4. The summed E-state index contributed by atoms with van der Waals surface area (Å²) in [6.07, 6.45) is 0.712. The smallest absolute Gasteiger partial charge is 0.295 e. The number of nitrogens with zero attached hydrogens (tertiary/aromatic N) is 2. The zero-order valence-corrected chi connectivity index (χ0v) is 20.2. The number of Topliss-reactive ketones (excluding diaryl/α,β-unsaturated/α-hetero) is 1. The number of carbonyl (C=O) groups is 2. The van der Waals surface area contributed by atoms with E-state index < -0.39 is 17.7 Å². The van der Waals surface area contributed by atoms with Crippen LogP contribution in [-0.4, -0.2) is 73.1 Å². The van der Waals surface area contributed by atoms with E-state index in [1.807, 2.05) is 31.2 Å². The van der Waals surface area contributed by atoms with Crippen molar-refractivity contribution in [1.82, 2.24) is 9.80 Å². The van der Waals surface area contributed by atoms with Crippen LogP contribution in [0.25, 0.3) is 5.76 Å². The molecule has 0 unspecified atom stereocenters. The lowest BCUT2D eigenvalue weighted by Crippen LogP contribution is -2.38. The fourth-order valence-corrected chi connectivity index (χ4v) is 4.72. The molecule has 4 rings (SSSR count). The van der Waals surface area contributed by atoms with E-state index in [4.69, 9.17) is 21.1 Å². The molecule has 2 aromatic rings. The number of halogens is 1. The van der Waals surface area contributed by atoms with Gasteiger partial charge in [-0.3, -0.25) is 14.5 Å². The molecule has 0 bridgehead atoms. The minimum absolute atomic E-state index is 0.0708. The summed E-state index contributed by atoms with van der Waals surface area (Å²) in [5.41, 5.74) is 2.27. The molecular formula is C26H29ClN2O5. The average Bonchev–Trinajstić information content (AvgIpc) is 3.09. The largest absolute Gasteiger partial charge is 0.507 e. The number of rotatable bonds is 7. The third-order valence-corrected chi connectivity index (χ3v) is 6.63. The van der Waals surface area contributed by atoms with Crippen LogP contribution in [0.3, 0.4) is 0 Å². The lowest BCUT2D eigenvalue weighted by molar-refractivity contribution is -0.140. The lowest BCUT2D eigenvalue weighted by atomic mass is 9.94. The van der Waals surface area contributed by atoms with E-state index >= 15 is 0 Å². The quantitative estimate of drug-likeness (QED) is 0.366. The van der Waals surface area contributed by atoms with Crippen LogP contribution >= 0.6 is 11.6 Å². The van der Waals surface area contributed by atoms with E-state index in [1.54, 1.807) is 17.0 Å². The second-order valence-electron chi connectivity index (χ2n) is 8.56. The Bertz CT molecular complexity index is 1090. The van der Waals surface area contributed by atoms with Crippen molar-refractivity contribution in [3.8, 4) is 5.75 Å². The van der Waals surface area contributed by atoms with Crippen LogP contribution in [0, 0.1) is 6.92 Å². The number of ketones is 1. The second-order valence-corrected chi connectivity index (χ2v) is 8.97. The van der Waals surface area contributed by atoms with Gasteiger partial charge in [-0.1, -0.05) is 41.4 Å². The molecule has 2 aliphatic heterocycles. The molecular weight excluding hydrogens is 456 g/mol. The number of aliphatic hydroxyl groups excluding tert-OH is 1. The third kappa shape index (κ3) is 4.97. The monoisotopic (exact) mass is 484 g/mol. The second kappa shape index (κ2) is 10.6. The predicted molar refractivity (Wildman–Crippen MR) is 130 cm³/mol. The number of carbonyl (C=O) groups excluding carboxylic acids is 2. The van der Waals surface area contributed by atoms with Crippen LogP contribution < -0.4 is 4.74 Å². The number of amides is 1. The molecule has 0 spiro atoms. The molecule has 8 heteroatoms. The van der Waals surface area contributed by atoms with Crippen LogP contribution in [0.2, 0.25) is 5.02 Å². The number of likely N-dealkylation sites (tertiary alicyclic amines) is 1. The fraction of sp³-hybridized carbons (Fsp3) is 0.385. The summed E-state index contributed by atoms with van der Waals surface area (Å²) in [6.45, 7) is 6.32. The summed E-state index contributed by atoms with van der Waals surface area (Å²) in [7, 11) is 1.50. The van der Waals surface area contributed by atoms with Crippen LogP contribution in [0.4, 0.5) is 0 Å². The Hall–Kier alpha value is -2.87. The molecule has 2 saturated heterocycles. The van der Waals surface area contributed by atoms with Crippen molar-refractivity contribution >= 4 is 29.1 Å². The molecule has 2 fully saturated rings. The van der Waals surface area contributed by atoms with E-state index in [2.05, 4.69) is 4.90 Å². The van der Waals surface area contributed by atoms with Gasteiger partial charge in [0.1, 0.15) is 11.5 Å². The first-order chi connectivity index (χ1) is 16.4. The Balaban J connectivity index is 1.68. The Kier molecular flexibility index (Phi) is 7.56. The first kappa shape index (κ1) is 24.3. The van der Waals surface area contributed by atoms with Crippen LogP contribution in [0.1, 0.15) is 29.2 Å². The van der Waals surface area contributed by atoms with E-state index in [1.165, 1.54) is 13.2 Å². The summed E-state index contributed by atoms with van der Waals surface area (Å²) >= 11 is 6.25. The Morgan fingerprint density at radius 1 is 1.12 bits per heavy atom. The summed E-state index contributed by atoms with van der Waals surface area (Å²) in [6, 6.07) is 11.8. The van der Waals surface area contributed by atoms with Gasteiger partial charge in [0, 0.05) is 31.7 Å². The van der Waals surface area contributed by atoms with Gasteiger partial charge in [0.05, 0.1) is 37.0 Å². The van der Waals surface area contributed by atoms with Gasteiger partial charge in [0.15, 0.2) is 0 Å². The minimum Gasteiger partial charge on any atom is -0.507 e. The van der Waals surface area contributed by atoms with Crippen LogP contribution in [0.15, 0.2) is 48.0 Å². The van der Waals surface area contributed by atoms with Crippen LogP contribution in [-0.2, 0) is 14.3 Å². The number of benzene rings is 2. The maximum atomic E-state index is 13.2. The van der Waals surface area contributed by atoms with Crippen molar-refractivity contribution in [2.75, 3.05) is 46.5 Å². The summed E-state index contributed by atoms with van der Waals surface area (Å²) in [4.78, 5) is 30.1. The summed E-state index contributed by atoms with van der Waals surface area (Å²) in [5.74, 6) is -1.09. The van der Waals surface area contributed by atoms with Crippen molar-refractivity contribution in [3.63, 3.8) is 0 Å². The molecule has 0 aromatic heterocycles. The number of ether oxygens (including phenoxy) is 2. The Labute approximate surface area is 204 Å². The molecule has 1 atom stereocenters. The molecule has 2 aromatic carbocycles. The standard InChI is InChI=1S/C26H29ClN2O5/c1-17-4-6-18(7-5-17)23-22(24(30)19-8-9-21(33-2)20(27)16-19)25(31)26(32)29(23)11-3-10-28-12-14-34-15-13-28/h4-9,16,23,30H,3,10-15H2,1-2H3/b24-22+/t23-/m1/s1. The molecule has 2 aliphatic rings. The zero-order chi connectivity index (χ0) is 24.2. The molecule has 180 valence electrons. The van der Waals surface area contributed by atoms with E-state index in [0.29, 0.717) is 42.5 Å². The number of hydrogen-bond donors (Lipinski definition) is 1. The summed E-state index contributed by atoms with van der Waals surface area (Å²) in [5, 5.41) is 11.5. The molecule has 1 N–H and O–H groups in total. The van der Waals surface area contributed by atoms with Gasteiger partial charge < -0.3 is 19.5 Å². The highest BCUT2D eigenvalue weighted by atomic mass is 35.5. The lowest BCUT2D eigenvalue weighted by Gasteiger charge is -2.29.